The summed E-state index contributed by atoms with van der Waals surface area (Å²) in [6.45, 7) is 3.25. The Morgan fingerprint density at radius 3 is 3.12 bits per heavy atom. The van der Waals surface area contributed by atoms with Gasteiger partial charge in [-0.05, 0) is 37.1 Å². The monoisotopic (exact) mass is 346 g/mol. The summed E-state index contributed by atoms with van der Waals surface area (Å²) >= 11 is 0. The maximum Gasteiger partial charge on any atom is 0.224 e. The number of methoxy groups -OCH3 is 1. The third-order valence-electron chi connectivity index (χ3n) is 5.63. The second kappa shape index (κ2) is 6.42. The molecule has 1 saturated heterocycles. The summed E-state index contributed by atoms with van der Waals surface area (Å²) in [6, 6.07) is 4.72. The first-order valence-corrected chi connectivity index (χ1v) is 8.75. The molecule has 1 aliphatic heterocycles. The van der Waals surface area contributed by atoms with Gasteiger partial charge in [0.15, 0.2) is 0 Å². The van der Waals surface area contributed by atoms with Gasteiger partial charge in [-0.15, -0.1) is 0 Å². The lowest BCUT2D eigenvalue weighted by atomic mass is 9.67. The molecule has 1 saturated carbocycles. The fourth-order valence-corrected chi connectivity index (χ4v) is 4.41. The highest BCUT2D eigenvalue weighted by Crippen LogP contribution is 2.43. The molecule has 4 rings (SSSR count). The van der Waals surface area contributed by atoms with Crippen LogP contribution >= 0.6 is 0 Å². The van der Waals surface area contributed by atoms with Crippen LogP contribution in [0.5, 0.6) is 0 Å². The molecule has 1 aliphatic carbocycles. The molecule has 0 radical (unpaired) electrons. The first-order chi connectivity index (χ1) is 12.1. The van der Waals surface area contributed by atoms with E-state index < -0.39 is 0 Å². The molecule has 1 amide bonds. The molecule has 4 atom stereocenters. The van der Waals surface area contributed by atoms with Crippen LogP contribution in [0, 0.1) is 24.6 Å². The van der Waals surface area contributed by atoms with Crippen LogP contribution in [0.2, 0.25) is 0 Å². The van der Waals surface area contributed by atoms with E-state index in [-0.39, 0.29) is 36.2 Å². The van der Waals surface area contributed by atoms with Gasteiger partial charge in [-0.3, -0.25) is 4.79 Å². The Hall–Kier alpha value is -1.92. The van der Waals surface area contributed by atoms with Gasteiger partial charge < -0.3 is 19.8 Å². The average molecular weight is 346 g/mol. The van der Waals surface area contributed by atoms with Crippen LogP contribution in [-0.2, 0) is 20.7 Å². The number of benzene rings is 1. The van der Waals surface area contributed by atoms with E-state index in [1.807, 2.05) is 6.92 Å². The SMILES string of the molecule is COC[C@H]1[C@H](NC(=O)Cc2c(C)[nH]c3ccc(F)cc23)[C@H]2CCO[C@H]21. The molecule has 134 valence electrons. The molecule has 2 aromatic rings. The molecular formula is C19H23FN2O3. The van der Waals surface area contributed by atoms with E-state index in [0.29, 0.717) is 12.5 Å². The van der Waals surface area contributed by atoms with Crippen LogP contribution in [-0.4, -0.2) is 43.4 Å². The second-order valence-electron chi connectivity index (χ2n) is 7.10. The van der Waals surface area contributed by atoms with Crippen LogP contribution in [0.15, 0.2) is 18.2 Å². The van der Waals surface area contributed by atoms with Crippen molar-refractivity contribution in [3.63, 3.8) is 0 Å². The smallest absolute Gasteiger partial charge is 0.224 e. The van der Waals surface area contributed by atoms with Crippen molar-refractivity contribution in [2.45, 2.75) is 31.9 Å². The third kappa shape index (κ3) is 2.83. The first-order valence-electron chi connectivity index (χ1n) is 8.75. The number of fused-ring (bicyclic) bond motifs is 2. The highest BCUT2D eigenvalue weighted by molar-refractivity contribution is 5.90. The lowest BCUT2D eigenvalue weighted by Gasteiger charge is -2.47. The summed E-state index contributed by atoms with van der Waals surface area (Å²) in [5.74, 6) is 0.261. The molecule has 2 aliphatic rings. The topological polar surface area (TPSA) is 63.3 Å². The number of halogens is 1. The van der Waals surface area contributed by atoms with Crippen molar-refractivity contribution in [2.24, 2.45) is 11.8 Å². The minimum Gasteiger partial charge on any atom is -0.384 e. The van der Waals surface area contributed by atoms with E-state index in [4.69, 9.17) is 9.47 Å². The number of hydrogen-bond donors (Lipinski definition) is 2. The number of carbonyl (C=O) groups is 1. The molecule has 2 fully saturated rings. The standard InChI is InChI=1S/C19H23FN2O3/c1-10-13(14-7-11(20)3-4-16(14)21-10)8-17(23)22-18-12-5-6-25-19(12)15(18)9-24-2/h3-4,7,12,15,18-19,21H,5-6,8-9H2,1-2H3,(H,22,23)/t12-,15+,18-,19-/m1/s1. The Morgan fingerprint density at radius 2 is 2.32 bits per heavy atom. The quantitative estimate of drug-likeness (QED) is 0.873. The highest BCUT2D eigenvalue weighted by atomic mass is 19.1. The van der Waals surface area contributed by atoms with Crippen molar-refractivity contribution in [2.75, 3.05) is 20.3 Å². The molecular weight excluding hydrogens is 323 g/mol. The number of ether oxygens (including phenoxy) is 2. The number of rotatable bonds is 5. The van der Waals surface area contributed by atoms with Crippen LogP contribution in [0.25, 0.3) is 10.9 Å². The van der Waals surface area contributed by atoms with E-state index >= 15 is 0 Å². The van der Waals surface area contributed by atoms with E-state index in [2.05, 4.69) is 10.3 Å². The molecule has 25 heavy (non-hydrogen) atoms. The number of H-pyrrole nitrogens is 1. The molecule has 1 aromatic carbocycles. The Bertz CT molecular complexity index is 803. The first kappa shape index (κ1) is 16.5. The molecule has 6 heteroatoms. The van der Waals surface area contributed by atoms with Crippen LogP contribution in [0.3, 0.4) is 0 Å². The zero-order chi connectivity index (χ0) is 17.6. The van der Waals surface area contributed by atoms with E-state index in [9.17, 15) is 9.18 Å². The van der Waals surface area contributed by atoms with Crippen molar-refractivity contribution in [3.05, 3.63) is 35.3 Å². The molecule has 0 bridgehead atoms. The summed E-state index contributed by atoms with van der Waals surface area (Å²) in [7, 11) is 1.67. The summed E-state index contributed by atoms with van der Waals surface area (Å²) in [5.41, 5.74) is 2.61. The van der Waals surface area contributed by atoms with Gasteiger partial charge >= 0.3 is 0 Å². The second-order valence-corrected chi connectivity index (χ2v) is 7.10. The zero-order valence-corrected chi connectivity index (χ0v) is 14.5. The fraction of sp³-hybridized carbons (Fsp3) is 0.526. The number of aromatic nitrogens is 1. The maximum absolute atomic E-state index is 13.6. The van der Waals surface area contributed by atoms with Gasteiger partial charge in [-0.25, -0.2) is 4.39 Å². The van der Waals surface area contributed by atoms with Gasteiger partial charge in [0.25, 0.3) is 0 Å². The highest BCUT2D eigenvalue weighted by Gasteiger charge is 2.54. The minimum atomic E-state index is -0.293. The lowest BCUT2D eigenvalue weighted by Crippen LogP contribution is -2.62. The minimum absolute atomic E-state index is 0.0373. The Kier molecular flexibility index (Phi) is 4.25. The largest absolute Gasteiger partial charge is 0.384 e. The number of aromatic amines is 1. The Labute approximate surface area is 145 Å². The van der Waals surface area contributed by atoms with Crippen molar-refractivity contribution in [3.8, 4) is 0 Å². The average Bonchev–Trinajstić information content (AvgIpc) is 3.13. The molecule has 2 N–H and O–H groups in total. The van der Waals surface area contributed by atoms with E-state index in [0.717, 1.165) is 35.2 Å². The van der Waals surface area contributed by atoms with E-state index in [1.165, 1.54) is 12.1 Å². The molecule has 1 aromatic heterocycles. The summed E-state index contributed by atoms with van der Waals surface area (Å²) in [5, 5.41) is 3.94. The number of nitrogens with one attached hydrogen (secondary N) is 2. The number of hydrogen-bond acceptors (Lipinski definition) is 3. The van der Waals surface area contributed by atoms with Crippen LogP contribution in [0.1, 0.15) is 17.7 Å². The Balaban J connectivity index is 1.49. The lowest BCUT2D eigenvalue weighted by molar-refractivity contribution is -0.129. The van der Waals surface area contributed by atoms with Crippen LogP contribution < -0.4 is 5.32 Å². The third-order valence-corrected chi connectivity index (χ3v) is 5.63. The summed E-state index contributed by atoms with van der Waals surface area (Å²) in [6.07, 6.45) is 1.42. The van der Waals surface area contributed by atoms with Crippen molar-refractivity contribution < 1.29 is 18.7 Å². The van der Waals surface area contributed by atoms with Gasteiger partial charge in [0.1, 0.15) is 5.82 Å². The van der Waals surface area contributed by atoms with Crippen LogP contribution in [0.4, 0.5) is 4.39 Å². The Morgan fingerprint density at radius 1 is 1.48 bits per heavy atom. The van der Waals surface area contributed by atoms with E-state index in [1.54, 1.807) is 13.2 Å². The van der Waals surface area contributed by atoms with Gasteiger partial charge in [0.05, 0.1) is 19.1 Å². The van der Waals surface area contributed by atoms with Gasteiger partial charge in [-0.1, -0.05) is 0 Å². The van der Waals surface area contributed by atoms with Gasteiger partial charge in [-0.2, -0.15) is 0 Å². The van der Waals surface area contributed by atoms with Crippen molar-refractivity contribution >= 4 is 16.8 Å². The normalized spacial score (nSPS) is 28.0. The molecule has 5 nitrogen and oxygen atoms in total. The summed E-state index contributed by atoms with van der Waals surface area (Å²) < 4.78 is 24.6. The maximum atomic E-state index is 13.6. The zero-order valence-electron chi connectivity index (χ0n) is 14.5. The molecule has 0 unspecified atom stereocenters. The summed E-state index contributed by atoms with van der Waals surface area (Å²) in [4.78, 5) is 15.9. The number of carbonyl (C=O) groups excluding carboxylic acids is 1. The molecule has 2 heterocycles. The number of aryl methyl sites for hydroxylation is 1. The van der Waals surface area contributed by atoms with Gasteiger partial charge in [0, 0.05) is 48.2 Å². The predicted octanol–water partition coefficient (Wildman–Crippen LogP) is 2.32. The van der Waals surface area contributed by atoms with Crippen molar-refractivity contribution in [1.29, 1.82) is 0 Å². The van der Waals surface area contributed by atoms with Crippen molar-refractivity contribution in [1.82, 2.24) is 10.3 Å². The number of amides is 1. The fourth-order valence-electron chi connectivity index (χ4n) is 4.41. The predicted molar refractivity (Wildman–Crippen MR) is 91.8 cm³/mol. The molecule has 0 spiro atoms. The van der Waals surface area contributed by atoms with Gasteiger partial charge in [0.2, 0.25) is 5.91 Å².